The minimum absolute atomic E-state index is 0.220. The third kappa shape index (κ3) is 2.55. The Hall–Kier alpha value is -1.48. The second-order valence-corrected chi connectivity index (χ2v) is 4.49. The normalized spacial score (nSPS) is 19.9. The van der Waals surface area contributed by atoms with Crippen molar-refractivity contribution in [3.05, 3.63) is 53.5 Å². The number of esters is 1. The van der Waals surface area contributed by atoms with Crippen LogP contribution in [0.3, 0.4) is 0 Å². The second kappa shape index (κ2) is 5.03. The van der Waals surface area contributed by atoms with E-state index in [1.165, 1.54) is 0 Å². The van der Waals surface area contributed by atoms with E-state index < -0.39 is 0 Å². The van der Waals surface area contributed by atoms with E-state index >= 15 is 0 Å². The van der Waals surface area contributed by atoms with Crippen molar-refractivity contribution in [1.82, 2.24) is 0 Å². The molecular formula is C13H12O2S. The van der Waals surface area contributed by atoms with Gasteiger partial charge in [-0.25, -0.2) is 4.79 Å². The summed E-state index contributed by atoms with van der Waals surface area (Å²) >= 11 is 1.57. The lowest BCUT2D eigenvalue weighted by Gasteiger charge is -2.08. The van der Waals surface area contributed by atoms with Gasteiger partial charge < -0.3 is 4.74 Å². The van der Waals surface area contributed by atoms with Gasteiger partial charge >= 0.3 is 5.97 Å². The predicted octanol–water partition coefficient (Wildman–Crippen LogP) is 3.16. The molecule has 1 aliphatic rings. The van der Waals surface area contributed by atoms with Gasteiger partial charge in [0.05, 0.1) is 0 Å². The number of rotatable bonds is 3. The first-order valence-corrected chi connectivity index (χ1v) is 5.89. The van der Waals surface area contributed by atoms with Crippen LogP contribution in [0.1, 0.15) is 6.92 Å². The van der Waals surface area contributed by atoms with E-state index in [0.717, 1.165) is 9.80 Å². The molecule has 0 spiro atoms. The van der Waals surface area contributed by atoms with Crippen LogP contribution in [-0.2, 0) is 9.53 Å². The van der Waals surface area contributed by atoms with Crippen molar-refractivity contribution in [2.45, 2.75) is 17.9 Å². The third-order valence-corrected chi connectivity index (χ3v) is 3.22. The van der Waals surface area contributed by atoms with E-state index in [9.17, 15) is 4.79 Å². The van der Waals surface area contributed by atoms with Crippen LogP contribution in [-0.4, -0.2) is 12.1 Å². The fourth-order valence-electron chi connectivity index (χ4n) is 1.44. The van der Waals surface area contributed by atoms with Crippen LogP contribution in [0.25, 0.3) is 0 Å². The van der Waals surface area contributed by atoms with Crippen LogP contribution in [0.4, 0.5) is 0 Å². The fourth-order valence-corrected chi connectivity index (χ4v) is 2.40. The molecule has 1 aromatic rings. The quantitative estimate of drug-likeness (QED) is 0.591. The lowest BCUT2D eigenvalue weighted by Crippen LogP contribution is -2.06. The number of benzene rings is 1. The van der Waals surface area contributed by atoms with Crippen LogP contribution in [0.2, 0.25) is 0 Å². The van der Waals surface area contributed by atoms with Crippen LogP contribution in [0, 0.1) is 0 Å². The van der Waals surface area contributed by atoms with Gasteiger partial charge in [0.1, 0.15) is 0 Å². The van der Waals surface area contributed by atoms with E-state index in [1.54, 1.807) is 17.8 Å². The zero-order valence-corrected chi connectivity index (χ0v) is 9.74. The first-order valence-electron chi connectivity index (χ1n) is 5.07. The lowest BCUT2D eigenvalue weighted by atomic mass is 10.3. The third-order valence-electron chi connectivity index (χ3n) is 2.13. The summed E-state index contributed by atoms with van der Waals surface area (Å²) in [6.45, 7) is 1.91. The fraction of sp³-hybridized carbons (Fsp3) is 0.154. The van der Waals surface area contributed by atoms with Crippen molar-refractivity contribution in [3.8, 4) is 0 Å². The van der Waals surface area contributed by atoms with E-state index in [0.29, 0.717) is 0 Å². The summed E-state index contributed by atoms with van der Waals surface area (Å²) in [6.07, 6.45) is 5.11. The maximum absolute atomic E-state index is 11.2. The molecule has 1 atom stereocenters. The van der Waals surface area contributed by atoms with Gasteiger partial charge in [-0.05, 0) is 25.1 Å². The molecular weight excluding hydrogens is 220 g/mol. The Labute approximate surface area is 99.0 Å². The van der Waals surface area contributed by atoms with Crippen molar-refractivity contribution < 1.29 is 9.53 Å². The number of ether oxygens (including phenoxy) is 1. The largest absolute Gasteiger partial charge is 0.449 e. The molecule has 2 nitrogen and oxygen atoms in total. The topological polar surface area (TPSA) is 26.3 Å². The Bertz CT molecular complexity index is 435. The molecule has 1 unspecified atom stereocenters. The maximum atomic E-state index is 11.2. The number of carbonyl (C=O) groups excluding carboxylic acids is 1. The van der Waals surface area contributed by atoms with Gasteiger partial charge in [-0.3, -0.25) is 0 Å². The summed E-state index contributed by atoms with van der Waals surface area (Å²) in [6, 6.07) is 9.95. The Morgan fingerprint density at radius 1 is 1.31 bits per heavy atom. The second-order valence-electron chi connectivity index (χ2n) is 3.35. The molecule has 1 heterocycles. The zero-order chi connectivity index (χ0) is 11.4. The molecule has 0 saturated carbocycles. The van der Waals surface area contributed by atoms with E-state index in [1.807, 2.05) is 49.4 Å². The van der Waals surface area contributed by atoms with Crippen LogP contribution in [0.5, 0.6) is 0 Å². The lowest BCUT2D eigenvalue weighted by molar-refractivity contribution is -0.137. The summed E-state index contributed by atoms with van der Waals surface area (Å²) in [4.78, 5) is 13.2. The first kappa shape index (κ1) is 11.0. The highest BCUT2D eigenvalue weighted by molar-refractivity contribution is 8.03. The smallest absolute Gasteiger partial charge is 0.332 e. The molecule has 0 bridgehead atoms. The van der Waals surface area contributed by atoms with E-state index in [4.69, 9.17) is 4.74 Å². The summed E-state index contributed by atoms with van der Waals surface area (Å²) in [5.74, 6) is -0.262. The highest BCUT2D eigenvalue weighted by atomic mass is 32.2. The van der Waals surface area contributed by atoms with Gasteiger partial charge in [0.25, 0.3) is 0 Å². The number of thioether (sulfide) groups is 1. The Kier molecular flexibility index (Phi) is 3.47. The summed E-state index contributed by atoms with van der Waals surface area (Å²) in [5.41, 5.74) is 0. The van der Waals surface area contributed by atoms with Gasteiger partial charge in [0.15, 0.2) is 6.10 Å². The van der Waals surface area contributed by atoms with Crippen LogP contribution in [0.15, 0.2) is 58.4 Å². The molecule has 0 aromatic heterocycles. The summed E-state index contributed by atoms with van der Waals surface area (Å²) < 4.78 is 5.15. The highest BCUT2D eigenvalue weighted by Crippen LogP contribution is 2.33. The van der Waals surface area contributed by atoms with Gasteiger partial charge in [0.2, 0.25) is 0 Å². The van der Waals surface area contributed by atoms with Crippen molar-refractivity contribution in [3.63, 3.8) is 0 Å². The molecule has 0 fully saturated rings. The number of carbonyl (C=O) groups is 1. The molecule has 0 saturated heterocycles. The van der Waals surface area contributed by atoms with E-state index in [2.05, 4.69) is 0 Å². The van der Waals surface area contributed by atoms with Crippen molar-refractivity contribution in [2.24, 2.45) is 0 Å². The Morgan fingerprint density at radius 2 is 2.06 bits per heavy atom. The van der Waals surface area contributed by atoms with Crippen molar-refractivity contribution in [2.75, 3.05) is 0 Å². The van der Waals surface area contributed by atoms with Gasteiger partial charge in [0, 0.05) is 15.9 Å². The number of hydrogen-bond acceptors (Lipinski definition) is 3. The van der Waals surface area contributed by atoms with Crippen molar-refractivity contribution >= 4 is 17.7 Å². The number of cyclic esters (lactones) is 1. The van der Waals surface area contributed by atoms with Crippen molar-refractivity contribution in [1.29, 1.82) is 0 Å². The summed E-state index contributed by atoms with van der Waals surface area (Å²) in [5, 5.41) is 0. The molecule has 16 heavy (non-hydrogen) atoms. The molecule has 0 amide bonds. The van der Waals surface area contributed by atoms with Crippen LogP contribution >= 0.6 is 11.8 Å². The summed E-state index contributed by atoms with van der Waals surface area (Å²) in [7, 11) is 0. The SMILES string of the molecule is C/C=C/C1OC(=O)C=C1Sc1ccccc1. The average molecular weight is 232 g/mol. The minimum Gasteiger partial charge on any atom is -0.449 e. The van der Waals surface area contributed by atoms with Gasteiger partial charge in [-0.2, -0.15) is 0 Å². The molecule has 0 radical (unpaired) electrons. The zero-order valence-electron chi connectivity index (χ0n) is 8.92. The Morgan fingerprint density at radius 3 is 2.75 bits per heavy atom. The molecule has 0 N–H and O–H groups in total. The number of allylic oxidation sites excluding steroid dienone is 1. The number of hydrogen-bond donors (Lipinski definition) is 0. The molecule has 1 aliphatic heterocycles. The molecule has 1 aromatic carbocycles. The average Bonchev–Trinajstić information content (AvgIpc) is 2.61. The Balaban J connectivity index is 2.14. The monoisotopic (exact) mass is 232 g/mol. The van der Waals surface area contributed by atoms with Gasteiger partial charge in [-0.1, -0.05) is 36.0 Å². The highest BCUT2D eigenvalue weighted by Gasteiger charge is 2.24. The van der Waals surface area contributed by atoms with Gasteiger partial charge in [-0.15, -0.1) is 0 Å². The van der Waals surface area contributed by atoms with Crippen LogP contribution < -0.4 is 0 Å². The molecule has 2 rings (SSSR count). The molecule has 3 heteroatoms. The first-order chi connectivity index (χ1) is 7.79. The minimum atomic E-state index is -0.262. The molecule has 82 valence electrons. The molecule has 0 aliphatic carbocycles. The predicted molar refractivity (Wildman–Crippen MR) is 65.1 cm³/mol. The standard InChI is InChI=1S/C13H12O2S/c1-2-6-11-12(9-13(14)15-11)16-10-7-4-3-5-8-10/h2-9,11H,1H3/b6-2+. The maximum Gasteiger partial charge on any atom is 0.332 e. The van der Waals surface area contributed by atoms with E-state index in [-0.39, 0.29) is 12.1 Å².